The van der Waals surface area contributed by atoms with Crippen molar-refractivity contribution in [1.82, 2.24) is 14.5 Å². The van der Waals surface area contributed by atoms with Crippen molar-refractivity contribution in [2.45, 2.75) is 38.3 Å². The zero-order valence-corrected chi connectivity index (χ0v) is 17.4. The molecule has 32 heavy (non-hydrogen) atoms. The lowest BCUT2D eigenvalue weighted by Gasteiger charge is -2.25. The molecule has 3 heterocycles. The molecule has 0 saturated carbocycles. The molecule has 2 aliphatic heterocycles. The van der Waals surface area contributed by atoms with E-state index in [1.54, 1.807) is 24.3 Å². The number of esters is 1. The molecule has 1 N–H and O–H groups in total. The zero-order chi connectivity index (χ0) is 23.0. The van der Waals surface area contributed by atoms with Crippen molar-refractivity contribution >= 4 is 17.8 Å². The number of carbonyl (C=O) groups excluding carboxylic acids is 3. The molecule has 1 aromatic carbocycles. The van der Waals surface area contributed by atoms with Crippen LogP contribution in [0.15, 0.2) is 40.1 Å². The van der Waals surface area contributed by atoms with Crippen molar-refractivity contribution < 1.29 is 28.6 Å². The number of nitrogens with one attached hydrogen (secondary N) is 1. The first-order valence-electron chi connectivity index (χ1n) is 9.90. The van der Waals surface area contributed by atoms with Crippen molar-refractivity contribution in [2.75, 3.05) is 13.7 Å². The van der Waals surface area contributed by atoms with E-state index in [1.165, 1.54) is 24.8 Å². The first kappa shape index (κ1) is 21.7. The minimum absolute atomic E-state index is 0.0267. The molecule has 0 radical (unpaired) electrons. The maximum atomic E-state index is 13.0. The van der Waals surface area contributed by atoms with Gasteiger partial charge in [-0.2, -0.15) is 0 Å². The van der Waals surface area contributed by atoms with Crippen LogP contribution in [0.5, 0.6) is 0 Å². The molecule has 2 amide bonds. The number of carbonyl (C=O) groups is 3. The highest BCUT2D eigenvalue weighted by Gasteiger charge is 2.48. The van der Waals surface area contributed by atoms with E-state index in [4.69, 9.17) is 14.2 Å². The minimum atomic E-state index is -0.912. The summed E-state index contributed by atoms with van der Waals surface area (Å²) in [6, 6.07) is 5.65. The van der Waals surface area contributed by atoms with Crippen LogP contribution in [0.3, 0.4) is 0 Å². The summed E-state index contributed by atoms with van der Waals surface area (Å²) in [4.78, 5) is 65.0. The van der Waals surface area contributed by atoms with Crippen LogP contribution in [0, 0.1) is 0 Å². The second-order valence-electron chi connectivity index (χ2n) is 7.51. The first-order valence-corrected chi connectivity index (χ1v) is 9.90. The van der Waals surface area contributed by atoms with Crippen molar-refractivity contribution in [2.24, 2.45) is 0 Å². The Morgan fingerprint density at radius 1 is 1.16 bits per heavy atom. The van der Waals surface area contributed by atoms with Crippen LogP contribution in [0.25, 0.3) is 0 Å². The summed E-state index contributed by atoms with van der Waals surface area (Å²) in [5, 5.41) is 0. The Labute approximate surface area is 181 Å². The molecule has 0 spiro atoms. The molecular weight excluding hydrogens is 422 g/mol. The Hall–Kier alpha value is -3.57. The first-order chi connectivity index (χ1) is 15.3. The maximum absolute atomic E-state index is 13.0. The van der Waals surface area contributed by atoms with Gasteiger partial charge >= 0.3 is 11.7 Å². The maximum Gasteiger partial charge on any atom is 0.330 e. The number of rotatable bonds is 6. The average molecular weight is 443 g/mol. The molecule has 3 atom stereocenters. The van der Waals surface area contributed by atoms with Gasteiger partial charge in [0.15, 0.2) is 0 Å². The summed E-state index contributed by atoms with van der Waals surface area (Å²) >= 11 is 0. The van der Waals surface area contributed by atoms with Gasteiger partial charge in [-0.1, -0.05) is 12.1 Å². The number of nitrogens with zero attached hydrogens (tertiary/aromatic N) is 2. The van der Waals surface area contributed by atoms with Crippen LogP contribution in [0.1, 0.15) is 45.9 Å². The number of benzene rings is 1. The van der Waals surface area contributed by atoms with E-state index >= 15 is 0 Å². The third-order valence-corrected chi connectivity index (χ3v) is 5.46. The molecule has 4 rings (SSSR count). The van der Waals surface area contributed by atoms with Crippen LogP contribution in [0.2, 0.25) is 0 Å². The molecular formula is C21H21N3O8. The highest BCUT2D eigenvalue weighted by Crippen LogP contribution is 2.36. The summed E-state index contributed by atoms with van der Waals surface area (Å²) in [6.07, 6.45) is -0.390. The summed E-state index contributed by atoms with van der Waals surface area (Å²) in [6.45, 7) is 0.987. The topological polar surface area (TPSA) is 137 Å². The fourth-order valence-electron chi connectivity index (χ4n) is 4.02. The Morgan fingerprint density at radius 3 is 2.41 bits per heavy atom. The van der Waals surface area contributed by atoms with Gasteiger partial charge in [-0.25, -0.2) is 4.79 Å². The van der Waals surface area contributed by atoms with Gasteiger partial charge in [0.05, 0.1) is 29.3 Å². The van der Waals surface area contributed by atoms with Gasteiger partial charge in [0.1, 0.15) is 18.9 Å². The predicted octanol–water partition coefficient (Wildman–Crippen LogP) is 0.198. The average Bonchev–Trinajstić information content (AvgIpc) is 3.27. The Balaban J connectivity index is 1.68. The van der Waals surface area contributed by atoms with Gasteiger partial charge in [-0.3, -0.25) is 33.6 Å². The van der Waals surface area contributed by atoms with Crippen LogP contribution in [-0.4, -0.2) is 58.1 Å². The molecule has 0 aliphatic carbocycles. The lowest BCUT2D eigenvalue weighted by Crippen LogP contribution is -2.46. The van der Waals surface area contributed by atoms with Crippen LogP contribution in [0.4, 0.5) is 0 Å². The van der Waals surface area contributed by atoms with E-state index in [-0.39, 0.29) is 36.3 Å². The molecule has 2 aliphatic rings. The normalized spacial score (nSPS) is 22.3. The number of H-pyrrole nitrogens is 1. The lowest BCUT2D eigenvalue weighted by atomic mass is 10.1. The number of amides is 2. The molecule has 2 aromatic rings. The van der Waals surface area contributed by atoms with Crippen LogP contribution < -0.4 is 11.2 Å². The van der Waals surface area contributed by atoms with Gasteiger partial charge in [-0.05, 0) is 12.1 Å². The van der Waals surface area contributed by atoms with E-state index in [0.717, 1.165) is 4.90 Å². The van der Waals surface area contributed by atoms with Crippen LogP contribution >= 0.6 is 0 Å². The number of aromatic nitrogens is 2. The molecule has 1 aromatic heterocycles. The van der Waals surface area contributed by atoms with Crippen molar-refractivity contribution in [3.05, 3.63) is 68.0 Å². The lowest BCUT2D eigenvalue weighted by molar-refractivity contribution is -0.146. The van der Waals surface area contributed by atoms with E-state index in [9.17, 15) is 24.0 Å². The van der Waals surface area contributed by atoms with E-state index in [2.05, 4.69) is 4.98 Å². The van der Waals surface area contributed by atoms with Crippen LogP contribution in [-0.2, 0) is 25.6 Å². The third kappa shape index (κ3) is 3.76. The number of fused-ring (bicyclic) bond motifs is 1. The molecule has 1 saturated heterocycles. The fourth-order valence-corrected chi connectivity index (χ4v) is 4.02. The number of hydrogen-bond acceptors (Lipinski definition) is 8. The largest absolute Gasteiger partial charge is 0.463 e. The quantitative estimate of drug-likeness (QED) is 0.494. The standard InChI is InChI=1S/C21H21N3O8/c1-11(25)31-10-16-15(24-19(27)13-5-3-4-6-14(13)20(24)28)7-17(32-16)23-8-12(9-30-2)18(26)22-21(23)29/h3-6,8,15-17H,7,9-10H2,1-2H3,(H,22,26,29)/t15-,16+,17+/m0/s1. The molecule has 0 bridgehead atoms. The minimum Gasteiger partial charge on any atom is -0.463 e. The zero-order valence-electron chi connectivity index (χ0n) is 17.4. The Kier molecular flexibility index (Phi) is 5.76. The Bertz CT molecular complexity index is 1170. The number of imide groups is 1. The summed E-state index contributed by atoms with van der Waals surface area (Å²) in [7, 11) is 1.41. The molecule has 11 nitrogen and oxygen atoms in total. The molecule has 11 heteroatoms. The second-order valence-corrected chi connectivity index (χ2v) is 7.51. The molecule has 1 fully saturated rings. The number of methoxy groups -OCH3 is 1. The number of aromatic amines is 1. The second kappa shape index (κ2) is 8.52. The van der Waals surface area contributed by atoms with Gasteiger partial charge < -0.3 is 14.2 Å². The monoisotopic (exact) mass is 443 g/mol. The third-order valence-electron chi connectivity index (χ3n) is 5.46. The molecule has 168 valence electrons. The number of ether oxygens (including phenoxy) is 3. The highest BCUT2D eigenvalue weighted by molar-refractivity contribution is 6.21. The SMILES string of the molecule is COCc1cn([C@H]2C[C@H](N3C(=O)c4ccccc4C3=O)[C@@H](COC(C)=O)O2)c(=O)[nH]c1=O. The van der Waals surface area contributed by atoms with E-state index in [1.807, 2.05) is 0 Å². The Morgan fingerprint density at radius 2 is 1.81 bits per heavy atom. The van der Waals surface area contributed by atoms with Gasteiger partial charge in [0.2, 0.25) is 0 Å². The summed E-state index contributed by atoms with van der Waals surface area (Å²) < 4.78 is 17.2. The van der Waals surface area contributed by atoms with Crippen molar-refractivity contribution in [1.29, 1.82) is 0 Å². The highest BCUT2D eigenvalue weighted by atomic mass is 16.6. The number of hydrogen-bond donors (Lipinski definition) is 1. The van der Waals surface area contributed by atoms with Crippen molar-refractivity contribution in [3.8, 4) is 0 Å². The van der Waals surface area contributed by atoms with Gasteiger partial charge in [0.25, 0.3) is 17.4 Å². The smallest absolute Gasteiger partial charge is 0.330 e. The van der Waals surface area contributed by atoms with E-state index < -0.39 is 47.4 Å². The van der Waals surface area contributed by atoms with Gasteiger partial charge in [-0.15, -0.1) is 0 Å². The van der Waals surface area contributed by atoms with Gasteiger partial charge in [0, 0.05) is 26.7 Å². The predicted molar refractivity (Wildman–Crippen MR) is 108 cm³/mol. The van der Waals surface area contributed by atoms with E-state index in [0.29, 0.717) is 0 Å². The summed E-state index contributed by atoms with van der Waals surface area (Å²) in [5.74, 6) is -1.52. The fraction of sp³-hybridized carbons (Fsp3) is 0.381. The van der Waals surface area contributed by atoms with Crippen molar-refractivity contribution in [3.63, 3.8) is 0 Å². The summed E-state index contributed by atoms with van der Waals surface area (Å²) in [5.41, 5.74) is -0.545. The molecule has 0 unspecified atom stereocenters.